The lowest BCUT2D eigenvalue weighted by atomic mass is 10.2. The lowest BCUT2D eigenvalue weighted by molar-refractivity contribution is -0.157. The second-order valence-electron chi connectivity index (χ2n) is 3.93. The first-order valence-corrected chi connectivity index (χ1v) is 4.45. The van der Waals surface area contributed by atoms with Crippen molar-refractivity contribution in [3.8, 4) is 0 Å². The summed E-state index contributed by atoms with van der Waals surface area (Å²) < 4.78 is 5.20. The zero-order valence-corrected chi connectivity index (χ0v) is 9.10. The van der Waals surface area contributed by atoms with Gasteiger partial charge >= 0.3 is 5.97 Å². The molecule has 0 bridgehead atoms. The van der Waals surface area contributed by atoms with E-state index in [1.54, 1.807) is 14.1 Å². The molecule has 1 atom stereocenters. The number of carbonyl (C=O) groups is 1. The van der Waals surface area contributed by atoms with E-state index in [4.69, 9.17) is 4.74 Å². The molecule has 4 heteroatoms. The maximum atomic E-state index is 11.5. The third kappa shape index (κ3) is 5.60. The average molecular weight is 188 g/mol. The van der Waals surface area contributed by atoms with E-state index in [0.717, 1.165) is 0 Å². The highest BCUT2D eigenvalue weighted by Gasteiger charge is 2.22. The van der Waals surface area contributed by atoms with Gasteiger partial charge in [0.2, 0.25) is 0 Å². The molecule has 0 amide bonds. The molecule has 0 aliphatic heterocycles. The molecule has 78 valence electrons. The van der Waals surface area contributed by atoms with E-state index in [2.05, 4.69) is 10.6 Å². The van der Waals surface area contributed by atoms with Crippen LogP contribution in [-0.4, -0.2) is 38.3 Å². The summed E-state index contributed by atoms with van der Waals surface area (Å²) in [6.45, 7) is 6.15. The zero-order chi connectivity index (χ0) is 10.5. The van der Waals surface area contributed by atoms with Crippen LogP contribution in [0.15, 0.2) is 0 Å². The zero-order valence-electron chi connectivity index (χ0n) is 9.10. The van der Waals surface area contributed by atoms with Crippen molar-refractivity contribution < 1.29 is 9.53 Å². The van der Waals surface area contributed by atoms with Crippen LogP contribution in [0.3, 0.4) is 0 Å². The van der Waals surface area contributed by atoms with Crippen LogP contribution >= 0.6 is 0 Å². The van der Waals surface area contributed by atoms with Gasteiger partial charge in [0.15, 0.2) is 0 Å². The van der Waals surface area contributed by atoms with Crippen molar-refractivity contribution in [3.63, 3.8) is 0 Å². The Morgan fingerprint density at radius 1 is 1.38 bits per heavy atom. The normalized spacial score (nSPS) is 13.9. The molecule has 0 heterocycles. The second-order valence-corrected chi connectivity index (χ2v) is 3.93. The van der Waals surface area contributed by atoms with Crippen molar-refractivity contribution in [3.05, 3.63) is 0 Å². The summed E-state index contributed by atoms with van der Waals surface area (Å²) in [6, 6.07) is -0.274. The minimum absolute atomic E-state index is 0.218. The van der Waals surface area contributed by atoms with Gasteiger partial charge in [-0.15, -0.1) is 0 Å². The summed E-state index contributed by atoms with van der Waals surface area (Å²) in [5, 5.41) is 5.81. The maximum Gasteiger partial charge on any atom is 0.324 e. The molecule has 0 aromatic rings. The highest BCUT2D eigenvalue weighted by Crippen LogP contribution is 2.07. The minimum Gasteiger partial charge on any atom is -0.459 e. The van der Waals surface area contributed by atoms with Crippen LogP contribution in [0.1, 0.15) is 20.8 Å². The summed E-state index contributed by atoms with van der Waals surface area (Å²) in [6.07, 6.45) is 0. The molecule has 2 N–H and O–H groups in total. The lowest BCUT2D eigenvalue weighted by Crippen LogP contribution is -2.45. The van der Waals surface area contributed by atoms with Crippen molar-refractivity contribution in [1.82, 2.24) is 10.6 Å². The van der Waals surface area contributed by atoms with Crippen LogP contribution in [0.2, 0.25) is 0 Å². The van der Waals surface area contributed by atoms with Crippen LogP contribution in [0, 0.1) is 0 Å². The van der Waals surface area contributed by atoms with Gasteiger partial charge in [0.05, 0.1) is 0 Å². The number of hydrogen-bond acceptors (Lipinski definition) is 4. The number of esters is 1. The summed E-state index contributed by atoms with van der Waals surface area (Å²) in [5.74, 6) is -0.218. The number of hydrogen-bond donors (Lipinski definition) is 2. The van der Waals surface area contributed by atoms with E-state index in [1.807, 2.05) is 20.8 Å². The van der Waals surface area contributed by atoms with Gasteiger partial charge in [-0.25, -0.2) is 0 Å². The first kappa shape index (κ1) is 12.4. The SMILES string of the molecule is CNCC(NC)C(=O)OC(C)(C)C. The van der Waals surface area contributed by atoms with Gasteiger partial charge in [-0.05, 0) is 34.9 Å². The third-order valence-corrected chi connectivity index (χ3v) is 1.45. The molecule has 0 saturated heterocycles. The van der Waals surface area contributed by atoms with Crippen LogP contribution in [0.5, 0.6) is 0 Å². The molecule has 0 aromatic heterocycles. The molecule has 0 rings (SSSR count). The average Bonchev–Trinajstić information content (AvgIpc) is 1.96. The smallest absolute Gasteiger partial charge is 0.324 e. The number of nitrogens with one attached hydrogen (secondary N) is 2. The third-order valence-electron chi connectivity index (χ3n) is 1.45. The molecule has 1 unspecified atom stereocenters. The highest BCUT2D eigenvalue weighted by molar-refractivity contribution is 5.76. The molecule has 4 nitrogen and oxygen atoms in total. The molecule has 0 radical (unpaired) electrons. The molecule has 13 heavy (non-hydrogen) atoms. The Labute approximate surface area is 80.0 Å². The summed E-state index contributed by atoms with van der Waals surface area (Å²) in [5.41, 5.74) is -0.417. The molecular weight excluding hydrogens is 168 g/mol. The Hall–Kier alpha value is -0.610. The summed E-state index contributed by atoms with van der Waals surface area (Å²) in [4.78, 5) is 11.5. The van der Waals surface area contributed by atoms with Crippen molar-refractivity contribution in [2.24, 2.45) is 0 Å². The fourth-order valence-electron chi connectivity index (χ4n) is 0.880. The van der Waals surface area contributed by atoms with E-state index < -0.39 is 5.60 Å². The number of carbonyl (C=O) groups excluding carboxylic acids is 1. The first-order chi connectivity index (χ1) is 5.90. The fraction of sp³-hybridized carbons (Fsp3) is 0.889. The van der Waals surface area contributed by atoms with Crippen molar-refractivity contribution in [1.29, 1.82) is 0 Å². The number of rotatable bonds is 4. The van der Waals surface area contributed by atoms with Crippen LogP contribution in [0.4, 0.5) is 0 Å². The van der Waals surface area contributed by atoms with E-state index in [1.165, 1.54) is 0 Å². The van der Waals surface area contributed by atoms with Crippen molar-refractivity contribution in [2.75, 3.05) is 20.6 Å². The summed E-state index contributed by atoms with van der Waals surface area (Å²) >= 11 is 0. The Kier molecular flexibility index (Phi) is 4.95. The van der Waals surface area contributed by atoms with Crippen LogP contribution < -0.4 is 10.6 Å². The monoisotopic (exact) mass is 188 g/mol. The van der Waals surface area contributed by atoms with E-state index in [0.29, 0.717) is 6.54 Å². The van der Waals surface area contributed by atoms with E-state index >= 15 is 0 Å². The van der Waals surface area contributed by atoms with Gasteiger partial charge < -0.3 is 15.4 Å². The molecule has 0 aliphatic carbocycles. The Morgan fingerprint density at radius 3 is 2.23 bits per heavy atom. The maximum absolute atomic E-state index is 11.5. The fourth-order valence-corrected chi connectivity index (χ4v) is 0.880. The van der Waals surface area contributed by atoms with Crippen molar-refractivity contribution in [2.45, 2.75) is 32.4 Å². The molecule has 0 aliphatic rings. The standard InChI is InChI=1S/C9H20N2O2/c1-9(2,3)13-8(12)7(11-5)6-10-4/h7,10-11H,6H2,1-5H3. The molecule has 0 fully saturated rings. The van der Waals surface area contributed by atoms with Gasteiger partial charge in [0.25, 0.3) is 0 Å². The van der Waals surface area contributed by atoms with Gasteiger partial charge in [0, 0.05) is 6.54 Å². The Bertz CT molecular complexity index is 163. The molecule has 0 saturated carbocycles. The van der Waals surface area contributed by atoms with Crippen LogP contribution in [0.25, 0.3) is 0 Å². The predicted molar refractivity (Wildman–Crippen MR) is 52.6 cm³/mol. The first-order valence-electron chi connectivity index (χ1n) is 4.45. The van der Waals surface area contributed by atoms with Gasteiger partial charge in [-0.3, -0.25) is 4.79 Å². The largest absolute Gasteiger partial charge is 0.459 e. The van der Waals surface area contributed by atoms with Crippen molar-refractivity contribution >= 4 is 5.97 Å². The molecule has 0 spiro atoms. The molecular formula is C9H20N2O2. The predicted octanol–water partition coefficient (Wildman–Crippen LogP) is 0.136. The van der Waals surface area contributed by atoms with E-state index in [9.17, 15) is 4.79 Å². The number of ether oxygens (including phenoxy) is 1. The Morgan fingerprint density at radius 2 is 1.92 bits per heavy atom. The highest BCUT2D eigenvalue weighted by atomic mass is 16.6. The Balaban J connectivity index is 4.06. The summed E-state index contributed by atoms with van der Waals surface area (Å²) in [7, 11) is 3.54. The van der Waals surface area contributed by atoms with Gasteiger partial charge in [-0.1, -0.05) is 0 Å². The topological polar surface area (TPSA) is 50.4 Å². The van der Waals surface area contributed by atoms with Crippen LogP contribution in [-0.2, 0) is 9.53 Å². The quantitative estimate of drug-likeness (QED) is 0.616. The lowest BCUT2D eigenvalue weighted by Gasteiger charge is -2.23. The molecule has 0 aromatic carbocycles. The van der Waals surface area contributed by atoms with Gasteiger partial charge in [-0.2, -0.15) is 0 Å². The van der Waals surface area contributed by atoms with Gasteiger partial charge in [0.1, 0.15) is 11.6 Å². The second kappa shape index (κ2) is 5.19. The minimum atomic E-state index is -0.417. The number of likely N-dealkylation sites (N-methyl/N-ethyl adjacent to an activating group) is 2. The van der Waals surface area contributed by atoms with E-state index in [-0.39, 0.29) is 12.0 Å².